The largest absolute Gasteiger partial charge is 0.496 e. The maximum absolute atomic E-state index is 6.13. The van der Waals surface area contributed by atoms with E-state index in [1.165, 1.54) is 0 Å². The van der Waals surface area contributed by atoms with Gasteiger partial charge in [0.05, 0.1) is 35.3 Å². The first-order valence-corrected chi connectivity index (χ1v) is 19.1. The molecule has 0 aliphatic carbocycles. The van der Waals surface area contributed by atoms with Crippen LogP contribution in [0.15, 0.2) is 66.9 Å². The summed E-state index contributed by atoms with van der Waals surface area (Å²) >= 11 is 6.02. The number of pyridine rings is 1. The number of methoxy groups -OCH3 is 1. The number of benzene rings is 1. The van der Waals surface area contributed by atoms with Crippen molar-refractivity contribution in [1.82, 2.24) is 40.6 Å². The molecule has 54 heavy (non-hydrogen) atoms. The second-order valence-corrected chi connectivity index (χ2v) is 17.9. The van der Waals surface area contributed by atoms with Gasteiger partial charge in [-0.1, -0.05) is 17.7 Å². The molecule has 0 unspecified atom stereocenters. The van der Waals surface area contributed by atoms with Gasteiger partial charge in [-0.15, -0.1) is 20.4 Å². The number of aromatic nitrogens is 6. The summed E-state index contributed by atoms with van der Waals surface area (Å²) in [6.07, 6.45) is 6.05. The van der Waals surface area contributed by atoms with Crippen molar-refractivity contribution in [2.45, 2.75) is 122 Å². The lowest BCUT2D eigenvalue weighted by Crippen LogP contribution is -2.62. The molecule has 288 valence electrons. The highest BCUT2D eigenvalue weighted by molar-refractivity contribution is 6.30. The molecular formula is C42H56ClN9O2. The molecule has 2 saturated heterocycles. The molecular weight excluding hydrogens is 698 g/mol. The van der Waals surface area contributed by atoms with Crippen molar-refractivity contribution in [2.24, 2.45) is 0 Å². The average molecular weight is 754 g/mol. The number of hydrogen-bond acceptors (Lipinski definition) is 10. The molecule has 12 heteroatoms. The number of piperidine rings is 2. The molecule has 5 aromatic rings. The monoisotopic (exact) mass is 753 g/mol. The van der Waals surface area contributed by atoms with Gasteiger partial charge >= 0.3 is 0 Å². The van der Waals surface area contributed by atoms with Gasteiger partial charge in [-0.2, -0.15) is 5.10 Å². The van der Waals surface area contributed by atoms with Crippen LogP contribution >= 0.6 is 11.6 Å². The van der Waals surface area contributed by atoms with Crippen LogP contribution in [0.3, 0.4) is 0 Å². The topological polar surface area (TPSA) is 115 Å². The van der Waals surface area contributed by atoms with Gasteiger partial charge in [-0.3, -0.25) is 0 Å². The zero-order valence-corrected chi connectivity index (χ0v) is 34.4. The first-order chi connectivity index (χ1) is 25.3. The third-order valence-corrected chi connectivity index (χ3v) is 10.5. The van der Waals surface area contributed by atoms with Crippen molar-refractivity contribution in [3.05, 3.63) is 77.6 Å². The molecule has 6 heterocycles. The zero-order valence-electron chi connectivity index (χ0n) is 33.7. The first kappa shape index (κ1) is 39.4. The van der Waals surface area contributed by atoms with E-state index >= 15 is 0 Å². The summed E-state index contributed by atoms with van der Waals surface area (Å²) in [5.41, 5.74) is 5.74. The van der Waals surface area contributed by atoms with Crippen LogP contribution in [0.5, 0.6) is 11.6 Å². The summed E-state index contributed by atoms with van der Waals surface area (Å²) in [7, 11) is 3.74. The van der Waals surface area contributed by atoms with E-state index in [0.29, 0.717) is 22.7 Å². The molecule has 2 aliphatic heterocycles. The van der Waals surface area contributed by atoms with Gasteiger partial charge in [0.2, 0.25) is 5.88 Å². The lowest BCUT2D eigenvalue weighted by molar-refractivity contribution is 0.0524. The summed E-state index contributed by atoms with van der Waals surface area (Å²) in [5.74, 6) is 2.12. The van der Waals surface area contributed by atoms with Gasteiger partial charge < -0.3 is 25.0 Å². The van der Waals surface area contributed by atoms with Crippen LogP contribution in [0.2, 0.25) is 5.02 Å². The minimum Gasteiger partial charge on any atom is -0.496 e. The third kappa shape index (κ3) is 9.30. The molecule has 0 saturated carbocycles. The Labute approximate surface area is 325 Å². The standard InChI is InChI=1S/C22H30N6.C20H26ClN3O2/c1-15-20(18-9-7-8-12-28(18)25-15)17-10-11-19(24-23-17)27(6)16-13-21(2,3)26-22(4,5)14-16;1-19(2)11-14(12-20(3,4)24-19)26-18-9-8-16(22-23-18)15-7-6-13(21)10-17(15)25-5/h7-12,16,26H,13-14H2,1-6H3;6-10,14,24H,11-12H2,1-5H3. The summed E-state index contributed by atoms with van der Waals surface area (Å²) in [4.78, 5) is 2.28. The van der Waals surface area contributed by atoms with Crippen LogP contribution in [0, 0.1) is 6.92 Å². The quantitative estimate of drug-likeness (QED) is 0.168. The third-order valence-electron chi connectivity index (χ3n) is 10.2. The number of rotatable bonds is 7. The highest BCUT2D eigenvalue weighted by Gasteiger charge is 2.40. The van der Waals surface area contributed by atoms with Crippen molar-refractivity contribution in [3.63, 3.8) is 0 Å². The summed E-state index contributed by atoms with van der Waals surface area (Å²) < 4.78 is 13.4. The Morgan fingerprint density at radius 1 is 0.759 bits per heavy atom. The molecule has 0 amide bonds. The van der Waals surface area contributed by atoms with Gasteiger partial charge in [0, 0.05) is 70.9 Å². The van der Waals surface area contributed by atoms with E-state index in [0.717, 1.165) is 65.2 Å². The van der Waals surface area contributed by atoms with Gasteiger partial charge in [0.1, 0.15) is 11.9 Å². The first-order valence-electron chi connectivity index (χ1n) is 18.8. The van der Waals surface area contributed by atoms with E-state index in [1.807, 2.05) is 54.0 Å². The number of ether oxygens (including phenoxy) is 2. The van der Waals surface area contributed by atoms with Crippen molar-refractivity contribution >= 4 is 22.9 Å². The smallest absolute Gasteiger partial charge is 0.233 e. The molecule has 2 fully saturated rings. The van der Waals surface area contributed by atoms with E-state index in [9.17, 15) is 0 Å². The van der Waals surface area contributed by atoms with Crippen molar-refractivity contribution in [1.29, 1.82) is 0 Å². The maximum Gasteiger partial charge on any atom is 0.233 e. The van der Waals surface area contributed by atoms with Crippen LogP contribution in [-0.4, -0.2) is 78.5 Å². The molecule has 0 radical (unpaired) electrons. The Hall–Kier alpha value is -4.32. The number of nitrogens with zero attached hydrogens (tertiary/aromatic N) is 7. The van der Waals surface area contributed by atoms with E-state index in [4.69, 9.17) is 21.1 Å². The molecule has 0 spiro atoms. The van der Waals surface area contributed by atoms with E-state index in [1.54, 1.807) is 13.2 Å². The van der Waals surface area contributed by atoms with Crippen LogP contribution in [-0.2, 0) is 0 Å². The maximum atomic E-state index is 6.13. The average Bonchev–Trinajstić information content (AvgIpc) is 3.41. The number of halogens is 1. The van der Waals surface area contributed by atoms with Gasteiger partial charge in [-0.05, 0) is 124 Å². The number of nitrogens with one attached hydrogen (secondary N) is 2. The lowest BCUT2D eigenvalue weighted by atomic mass is 9.79. The zero-order chi connectivity index (χ0) is 39.1. The predicted octanol–water partition coefficient (Wildman–Crippen LogP) is 8.34. The molecule has 11 nitrogen and oxygen atoms in total. The van der Waals surface area contributed by atoms with Gasteiger partial charge in [-0.25, -0.2) is 4.52 Å². The minimum atomic E-state index is 0.0243. The Morgan fingerprint density at radius 2 is 1.39 bits per heavy atom. The molecule has 0 bridgehead atoms. The second kappa shape index (κ2) is 15.1. The number of fused-ring (bicyclic) bond motifs is 1. The summed E-state index contributed by atoms with van der Waals surface area (Å²) in [5, 5.41) is 30.3. The van der Waals surface area contributed by atoms with Gasteiger partial charge in [0.15, 0.2) is 5.82 Å². The highest BCUT2D eigenvalue weighted by atomic mass is 35.5. The summed E-state index contributed by atoms with van der Waals surface area (Å²) in [6.45, 7) is 19.9. The highest BCUT2D eigenvalue weighted by Crippen LogP contribution is 2.35. The fraction of sp³-hybridized carbons (Fsp3) is 0.500. The van der Waals surface area contributed by atoms with Gasteiger partial charge in [0.25, 0.3) is 0 Å². The van der Waals surface area contributed by atoms with Crippen LogP contribution in [0.4, 0.5) is 5.82 Å². The van der Waals surface area contributed by atoms with E-state index in [2.05, 4.69) is 122 Å². The molecule has 4 aromatic heterocycles. The molecule has 7 rings (SSSR count). The fourth-order valence-electron chi connectivity index (χ4n) is 8.70. The Morgan fingerprint density at radius 3 is 1.98 bits per heavy atom. The summed E-state index contributed by atoms with van der Waals surface area (Å²) in [6, 6.07) is 19.8. The van der Waals surface area contributed by atoms with Crippen molar-refractivity contribution < 1.29 is 9.47 Å². The normalized spacial score (nSPS) is 19.1. The van der Waals surface area contributed by atoms with Crippen LogP contribution in [0.1, 0.15) is 86.8 Å². The number of anilines is 1. The number of aryl methyl sites for hydroxylation is 1. The molecule has 0 atom stereocenters. The number of hydrogen-bond donors (Lipinski definition) is 2. The van der Waals surface area contributed by atoms with E-state index < -0.39 is 0 Å². The van der Waals surface area contributed by atoms with E-state index in [-0.39, 0.29) is 28.3 Å². The minimum absolute atomic E-state index is 0.0243. The Balaban J connectivity index is 0.000000185. The molecule has 2 aliphatic rings. The fourth-order valence-corrected chi connectivity index (χ4v) is 8.86. The van der Waals surface area contributed by atoms with Crippen LogP contribution < -0.4 is 25.0 Å². The predicted molar refractivity (Wildman–Crippen MR) is 218 cm³/mol. The Kier molecular flexibility index (Phi) is 11.0. The molecule has 1 aromatic carbocycles. The van der Waals surface area contributed by atoms with Crippen molar-refractivity contribution in [2.75, 3.05) is 19.1 Å². The van der Waals surface area contributed by atoms with Crippen LogP contribution in [0.25, 0.3) is 28.0 Å². The van der Waals surface area contributed by atoms with Crippen molar-refractivity contribution in [3.8, 4) is 34.1 Å². The second-order valence-electron chi connectivity index (χ2n) is 17.5. The SMILES string of the molecule is COc1cc(Cl)ccc1-c1ccc(OC2CC(C)(C)NC(C)(C)C2)nn1.Cc1nn2ccccc2c1-c1ccc(N(C)C2CC(C)(C)NC(C)(C)C2)nn1. The lowest BCUT2D eigenvalue weighted by Gasteiger charge is -2.49. The Bertz CT molecular complexity index is 2030. The molecule has 2 N–H and O–H groups in total.